The Kier molecular flexibility index (Phi) is 3.98. The van der Waals surface area contributed by atoms with Crippen molar-refractivity contribution in [2.45, 2.75) is 45.5 Å². The SMILES string of the molecule is CC(O)C1=C(C#C[Si](C)(C)C)c2ccccc2CC1. The molecule has 1 aromatic carbocycles. The molecule has 0 bridgehead atoms. The van der Waals surface area contributed by atoms with Gasteiger partial charge in [0.2, 0.25) is 0 Å². The predicted molar refractivity (Wildman–Crippen MR) is 84.5 cm³/mol. The molecule has 0 aromatic heterocycles. The number of hydrogen-bond donors (Lipinski definition) is 1. The van der Waals surface area contributed by atoms with Crippen LogP contribution in [0.1, 0.15) is 24.5 Å². The van der Waals surface area contributed by atoms with E-state index in [0.29, 0.717) is 0 Å². The van der Waals surface area contributed by atoms with Gasteiger partial charge in [-0.25, -0.2) is 0 Å². The van der Waals surface area contributed by atoms with Crippen LogP contribution in [0.15, 0.2) is 29.8 Å². The molecule has 100 valence electrons. The van der Waals surface area contributed by atoms with E-state index in [9.17, 15) is 5.11 Å². The Hall–Kier alpha value is -1.30. The van der Waals surface area contributed by atoms with Gasteiger partial charge >= 0.3 is 0 Å². The van der Waals surface area contributed by atoms with Gasteiger partial charge in [0.1, 0.15) is 8.07 Å². The number of hydrogen-bond acceptors (Lipinski definition) is 1. The molecule has 0 saturated carbocycles. The maximum Gasteiger partial charge on any atom is 0.129 e. The van der Waals surface area contributed by atoms with Crippen LogP contribution in [0.25, 0.3) is 5.57 Å². The van der Waals surface area contributed by atoms with Crippen molar-refractivity contribution < 1.29 is 5.11 Å². The summed E-state index contributed by atoms with van der Waals surface area (Å²) < 4.78 is 0. The van der Waals surface area contributed by atoms with E-state index in [1.807, 2.05) is 6.92 Å². The second-order valence-electron chi connectivity index (χ2n) is 6.23. The summed E-state index contributed by atoms with van der Waals surface area (Å²) in [5, 5.41) is 9.99. The number of allylic oxidation sites excluding steroid dienone is 1. The molecule has 0 amide bonds. The number of aliphatic hydroxyl groups is 1. The molecule has 2 rings (SSSR count). The molecule has 0 radical (unpaired) electrons. The Labute approximate surface area is 117 Å². The maximum absolute atomic E-state index is 9.99. The molecular weight excluding hydrogens is 248 g/mol. The molecule has 1 aliphatic carbocycles. The van der Waals surface area contributed by atoms with Crippen molar-refractivity contribution in [2.75, 3.05) is 0 Å². The Morgan fingerprint density at radius 1 is 1.16 bits per heavy atom. The zero-order valence-electron chi connectivity index (χ0n) is 12.2. The van der Waals surface area contributed by atoms with E-state index < -0.39 is 14.2 Å². The molecule has 1 atom stereocenters. The van der Waals surface area contributed by atoms with E-state index in [4.69, 9.17) is 0 Å². The molecule has 1 N–H and O–H groups in total. The minimum Gasteiger partial charge on any atom is -0.389 e. The largest absolute Gasteiger partial charge is 0.389 e. The second-order valence-corrected chi connectivity index (χ2v) is 11.0. The smallest absolute Gasteiger partial charge is 0.129 e. The van der Waals surface area contributed by atoms with Gasteiger partial charge in [0.05, 0.1) is 6.10 Å². The minimum atomic E-state index is -1.40. The highest BCUT2D eigenvalue weighted by molar-refractivity contribution is 6.84. The van der Waals surface area contributed by atoms with Crippen LogP contribution in [0.2, 0.25) is 19.6 Å². The third-order valence-corrected chi connectivity index (χ3v) is 4.21. The van der Waals surface area contributed by atoms with Gasteiger partial charge < -0.3 is 5.11 Å². The lowest BCUT2D eigenvalue weighted by Crippen LogP contribution is -2.17. The first-order valence-corrected chi connectivity index (χ1v) is 10.4. The first-order chi connectivity index (χ1) is 8.88. The van der Waals surface area contributed by atoms with Crippen LogP contribution in [-0.4, -0.2) is 19.3 Å². The molecule has 0 fully saturated rings. The van der Waals surface area contributed by atoms with E-state index in [1.54, 1.807) is 0 Å². The molecule has 19 heavy (non-hydrogen) atoms. The van der Waals surface area contributed by atoms with Crippen molar-refractivity contribution in [3.63, 3.8) is 0 Å². The average Bonchev–Trinajstić information content (AvgIpc) is 2.34. The van der Waals surface area contributed by atoms with Crippen molar-refractivity contribution in [3.8, 4) is 11.5 Å². The molecule has 1 nitrogen and oxygen atoms in total. The van der Waals surface area contributed by atoms with Crippen molar-refractivity contribution in [1.29, 1.82) is 0 Å². The van der Waals surface area contributed by atoms with Gasteiger partial charge in [0, 0.05) is 5.57 Å². The lowest BCUT2D eigenvalue weighted by atomic mass is 9.84. The number of fused-ring (bicyclic) bond motifs is 1. The summed E-state index contributed by atoms with van der Waals surface area (Å²) in [5.74, 6) is 3.38. The van der Waals surface area contributed by atoms with Crippen molar-refractivity contribution in [1.82, 2.24) is 0 Å². The van der Waals surface area contributed by atoms with Crippen LogP contribution in [-0.2, 0) is 6.42 Å². The standard InChI is InChI=1S/C17H22OSi/c1-13(18)15-10-9-14-7-5-6-8-16(14)17(15)11-12-19(2,3)4/h5-8,13,18H,9-10H2,1-4H3. The van der Waals surface area contributed by atoms with Crippen molar-refractivity contribution in [3.05, 3.63) is 41.0 Å². The van der Waals surface area contributed by atoms with E-state index in [1.165, 1.54) is 11.1 Å². The minimum absolute atomic E-state index is 0.403. The van der Waals surface area contributed by atoms with Gasteiger partial charge in [-0.3, -0.25) is 0 Å². The number of aliphatic hydroxyl groups excluding tert-OH is 1. The molecule has 1 aromatic rings. The number of rotatable bonds is 1. The summed E-state index contributed by atoms with van der Waals surface area (Å²) in [6, 6.07) is 8.44. The fourth-order valence-electron chi connectivity index (χ4n) is 2.36. The highest BCUT2D eigenvalue weighted by Gasteiger charge is 2.20. The van der Waals surface area contributed by atoms with E-state index in [2.05, 4.69) is 55.4 Å². The van der Waals surface area contributed by atoms with E-state index in [-0.39, 0.29) is 0 Å². The summed E-state index contributed by atoms with van der Waals surface area (Å²) in [6.07, 6.45) is 1.53. The predicted octanol–water partition coefficient (Wildman–Crippen LogP) is 3.65. The summed E-state index contributed by atoms with van der Waals surface area (Å²) >= 11 is 0. The van der Waals surface area contributed by atoms with Gasteiger partial charge in [-0.2, -0.15) is 0 Å². The third-order valence-electron chi connectivity index (χ3n) is 3.34. The average molecular weight is 270 g/mol. The second kappa shape index (κ2) is 5.36. The molecule has 2 heteroatoms. The lowest BCUT2D eigenvalue weighted by molar-refractivity contribution is 0.227. The Balaban J connectivity index is 2.56. The summed E-state index contributed by atoms with van der Waals surface area (Å²) in [5.41, 5.74) is 8.18. The zero-order valence-corrected chi connectivity index (χ0v) is 13.2. The first-order valence-electron chi connectivity index (χ1n) is 6.91. The first kappa shape index (κ1) is 14.1. The quantitative estimate of drug-likeness (QED) is 0.610. The summed E-state index contributed by atoms with van der Waals surface area (Å²) in [7, 11) is -1.40. The van der Waals surface area contributed by atoms with E-state index >= 15 is 0 Å². The lowest BCUT2D eigenvalue weighted by Gasteiger charge is -2.22. The van der Waals surface area contributed by atoms with Crippen LogP contribution in [0.4, 0.5) is 0 Å². The van der Waals surface area contributed by atoms with Crippen LogP contribution in [0, 0.1) is 11.5 Å². The summed E-state index contributed by atoms with van der Waals surface area (Å²) in [6.45, 7) is 8.59. The van der Waals surface area contributed by atoms with Gasteiger partial charge in [-0.1, -0.05) is 49.8 Å². The van der Waals surface area contributed by atoms with Gasteiger partial charge in [0.25, 0.3) is 0 Å². The number of aryl methyl sites for hydroxylation is 1. The Morgan fingerprint density at radius 3 is 2.47 bits per heavy atom. The van der Waals surface area contributed by atoms with Crippen LogP contribution in [0.5, 0.6) is 0 Å². The fourth-order valence-corrected chi connectivity index (χ4v) is 2.86. The van der Waals surface area contributed by atoms with Crippen molar-refractivity contribution >= 4 is 13.6 Å². The molecule has 0 spiro atoms. The number of benzene rings is 1. The van der Waals surface area contributed by atoms with Gasteiger partial charge in [-0.15, -0.1) is 5.54 Å². The molecular formula is C17H22OSi. The Morgan fingerprint density at radius 2 is 1.84 bits per heavy atom. The highest BCUT2D eigenvalue weighted by atomic mass is 28.3. The van der Waals surface area contributed by atoms with Gasteiger partial charge in [-0.05, 0) is 36.5 Å². The monoisotopic (exact) mass is 270 g/mol. The van der Waals surface area contributed by atoms with Crippen LogP contribution in [0.3, 0.4) is 0 Å². The topological polar surface area (TPSA) is 20.2 Å². The van der Waals surface area contributed by atoms with Gasteiger partial charge in [0.15, 0.2) is 0 Å². The maximum atomic E-state index is 9.99. The molecule has 0 heterocycles. The van der Waals surface area contributed by atoms with Crippen LogP contribution >= 0.6 is 0 Å². The molecule has 0 saturated heterocycles. The third kappa shape index (κ3) is 3.37. The van der Waals surface area contributed by atoms with Crippen molar-refractivity contribution in [2.24, 2.45) is 0 Å². The normalized spacial score (nSPS) is 16.5. The zero-order chi connectivity index (χ0) is 14.0. The Bertz CT molecular complexity index is 565. The fraction of sp³-hybridized carbons (Fsp3) is 0.412. The molecule has 0 aliphatic heterocycles. The van der Waals surface area contributed by atoms with Crippen LogP contribution < -0.4 is 0 Å². The van der Waals surface area contributed by atoms with E-state index in [0.717, 1.165) is 24.0 Å². The highest BCUT2D eigenvalue weighted by Crippen LogP contribution is 2.32. The molecule has 1 aliphatic rings. The molecule has 1 unspecified atom stereocenters. The summed E-state index contributed by atoms with van der Waals surface area (Å²) in [4.78, 5) is 0.